The summed E-state index contributed by atoms with van der Waals surface area (Å²) in [6, 6.07) is 12.4. The van der Waals surface area contributed by atoms with Crippen LogP contribution in [-0.4, -0.2) is 63.6 Å². The molecule has 0 bridgehead atoms. The van der Waals surface area contributed by atoms with Gasteiger partial charge in [0.15, 0.2) is 5.96 Å². The summed E-state index contributed by atoms with van der Waals surface area (Å²) < 4.78 is 5.50. The smallest absolute Gasteiger partial charge is 0.243 e. The molecule has 29 heavy (non-hydrogen) atoms. The average molecular weight is 416 g/mol. The van der Waals surface area contributed by atoms with Crippen molar-refractivity contribution in [1.29, 1.82) is 0 Å². The Kier molecular flexibility index (Phi) is 7.35. The first-order valence-corrected chi connectivity index (χ1v) is 10.6. The number of hydrogen-bond acceptors (Lipinski definition) is 5. The molecule has 1 atom stereocenters. The summed E-state index contributed by atoms with van der Waals surface area (Å²) in [5, 5.41) is 8.91. The number of ether oxygens (including phenoxy) is 1. The van der Waals surface area contributed by atoms with Crippen LogP contribution in [0.5, 0.6) is 5.75 Å². The molecule has 2 heterocycles. The third kappa shape index (κ3) is 5.87. The fourth-order valence-corrected chi connectivity index (χ4v) is 3.85. The Labute approximate surface area is 176 Å². The Morgan fingerprint density at radius 2 is 2.14 bits per heavy atom. The van der Waals surface area contributed by atoms with Gasteiger partial charge in [0, 0.05) is 38.1 Å². The lowest BCUT2D eigenvalue weighted by Crippen LogP contribution is -2.45. The van der Waals surface area contributed by atoms with Gasteiger partial charge in [-0.1, -0.05) is 18.2 Å². The lowest BCUT2D eigenvalue weighted by atomic mass is 10.2. The van der Waals surface area contributed by atoms with E-state index in [9.17, 15) is 4.79 Å². The van der Waals surface area contributed by atoms with Crippen LogP contribution in [0.2, 0.25) is 0 Å². The van der Waals surface area contributed by atoms with Crippen LogP contribution in [0.3, 0.4) is 0 Å². The molecule has 7 nitrogen and oxygen atoms in total. The predicted octanol–water partition coefficient (Wildman–Crippen LogP) is 2.16. The maximum atomic E-state index is 12.0. The summed E-state index contributed by atoms with van der Waals surface area (Å²) in [5.41, 5.74) is 1.10. The summed E-state index contributed by atoms with van der Waals surface area (Å²) in [5.74, 6) is 1.53. The maximum absolute atomic E-state index is 12.0. The Morgan fingerprint density at radius 3 is 2.86 bits per heavy atom. The van der Waals surface area contributed by atoms with Crippen molar-refractivity contribution in [3.05, 3.63) is 46.7 Å². The number of para-hydroxylation sites is 2. The number of carbonyl (C=O) groups is 1. The monoisotopic (exact) mass is 415 g/mol. The molecule has 0 spiro atoms. The molecule has 1 fully saturated rings. The molecule has 156 valence electrons. The van der Waals surface area contributed by atoms with Gasteiger partial charge < -0.3 is 25.2 Å². The van der Waals surface area contributed by atoms with Crippen molar-refractivity contribution in [3.8, 4) is 5.75 Å². The van der Waals surface area contributed by atoms with Gasteiger partial charge in [-0.2, -0.15) is 0 Å². The standard InChI is InChI=1S/C21H29N5O2S/c1-25(2)20(27)14-23-21(22-13-17-7-6-12-29-17)24-16-10-11-26(15-16)18-8-4-5-9-19(18)28-3/h4-9,12,16H,10-11,13-15H2,1-3H3,(H2,22,23,24). The molecule has 2 aromatic rings. The van der Waals surface area contributed by atoms with E-state index < -0.39 is 0 Å². The highest BCUT2D eigenvalue weighted by atomic mass is 32.1. The lowest BCUT2D eigenvalue weighted by Gasteiger charge is -2.22. The zero-order valence-electron chi connectivity index (χ0n) is 17.2. The number of anilines is 1. The van der Waals surface area contributed by atoms with Crippen LogP contribution in [0.15, 0.2) is 46.8 Å². The average Bonchev–Trinajstić information content (AvgIpc) is 3.41. The highest BCUT2D eigenvalue weighted by Gasteiger charge is 2.25. The van der Waals surface area contributed by atoms with Crippen molar-refractivity contribution in [2.75, 3.05) is 45.7 Å². The van der Waals surface area contributed by atoms with Gasteiger partial charge in [-0.25, -0.2) is 4.99 Å². The Hall–Kier alpha value is -2.74. The number of rotatable bonds is 7. The molecule has 0 saturated carbocycles. The lowest BCUT2D eigenvalue weighted by molar-refractivity contribution is -0.127. The van der Waals surface area contributed by atoms with E-state index in [0.29, 0.717) is 12.5 Å². The topological polar surface area (TPSA) is 69.2 Å². The molecule has 1 amide bonds. The third-order valence-corrected chi connectivity index (χ3v) is 5.71. The quantitative estimate of drug-likeness (QED) is 0.536. The molecular weight excluding hydrogens is 386 g/mol. The fraction of sp³-hybridized carbons (Fsp3) is 0.429. The minimum absolute atomic E-state index is 0.0238. The van der Waals surface area contributed by atoms with Gasteiger partial charge in [0.1, 0.15) is 12.3 Å². The molecule has 2 N–H and O–H groups in total. The summed E-state index contributed by atoms with van der Waals surface area (Å²) in [4.78, 5) is 21.6. The van der Waals surface area contributed by atoms with Crippen molar-refractivity contribution in [2.45, 2.75) is 19.0 Å². The molecule has 1 unspecified atom stereocenters. The van der Waals surface area contributed by atoms with Crippen molar-refractivity contribution >= 4 is 28.9 Å². The van der Waals surface area contributed by atoms with Gasteiger partial charge in [0.2, 0.25) is 5.91 Å². The number of hydrogen-bond donors (Lipinski definition) is 2. The van der Waals surface area contributed by atoms with E-state index in [1.807, 2.05) is 24.3 Å². The van der Waals surface area contributed by atoms with Crippen molar-refractivity contribution in [2.24, 2.45) is 4.99 Å². The molecule has 1 aliphatic heterocycles. The Balaban J connectivity index is 1.63. The van der Waals surface area contributed by atoms with E-state index in [0.717, 1.165) is 30.9 Å². The number of nitrogens with one attached hydrogen (secondary N) is 2. The molecule has 3 rings (SSSR count). The first-order chi connectivity index (χ1) is 14.1. The minimum Gasteiger partial charge on any atom is -0.495 e. The predicted molar refractivity (Wildman–Crippen MR) is 119 cm³/mol. The number of carbonyl (C=O) groups excluding carboxylic acids is 1. The molecule has 0 radical (unpaired) electrons. The van der Waals surface area contributed by atoms with Crippen LogP contribution < -0.4 is 20.3 Å². The highest BCUT2D eigenvalue weighted by Crippen LogP contribution is 2.30. The summed E-state index contributed by atoms with van der Waals surface area (Å²) in [6.07, 6.45) is 0.985. The van der Waals surface area contributed by atoms with Crippen LogP contribution in [0.4, 0.5) is 5.69 Å². The largest absolute Gasteiger partial charge is 0.495 e. The van der Waals surface area contributed by atoms with Gasteiger partial charge in [-0.15, -0.1) is 11.3 Å². The van der Waals surface area contributed by atoms with Crippen molar-refractivity contribution in [1.82, 2.24) is 15.5 Å². The van der Waals surface area contributed by atoms with Crippen LogP contribution >= 0.6 is 11.3 Å². The van der Waals surface area contributed by atoms with Crippen LogP contribution in [0.25, 0.3) is 0 Å². The third-order valence-electron chi connectivity index (χ3n) is 4.84. The molecule has 1 aliphatic rings. The fourth-order valence-electron chi connectivity index (χ4n) is 3.21. The number of likely N-dealkylation sites (N-methyl/N-ethyl adjacent to an activating group) is 1. The van der Waals surface area contributed by atoms with Gasteiger partial charge >= 0.3 is 0 Å². The number of amides is 1. The van der Waals surface area contributed by atoms with Gasteiger partial charge in [-0.3, -0.25) is 4.79 Å². The van der Waals surface area contributed by atoms with E-state index in [4.69, 9.17) is 4.74 Å². The number of thiophene rings is 1. The van der Waals surface area contributed by atoms with Gasteiger partial charge in [0.05, 0.1) is 19.3 Å². The van der Waals surface area contributed by atoms with Crippen LogP contribution in [0.1, 0.15) is 11.3 Å². The number of methoxy groups -OCH3 is 1. The number of benzene rings is 1. The SMILES string of the molecule is COc1ccccc1N1CCC(NC(=NCC(=O)N(C)C)NCc2cccs2)C1. The summed E-state index contributed by atoms with van der Waals surface area (Å²) in [7, 11) is 5.18. The molecule has 1 aromatic heterocycles. The second-order valence-corrected chi connectivity index (χ2v) is 8.17. The minimum atomic E-state index is -0.0238. The number of nitrogens with zero attached hydrogens (tertiary/aromatic N) is 3. The zero-order chi connectivity index (χ0) is 20.6. The van der Waals surface area contributed by atoms with E-state index in [-0.39, 0.29) is 18.5 Å². The van der Waals surface area contributed by atoms with E-state index >= 15 is 0 Å². The maximum Gasteiger partial charge on any atom is 0.243 e. The van der Waals surface area contributed by atoms with E-state index in [2.05, 4.69) is 38.0 Å². The summed E-state index contributed by atoms with van der Waals surface area (Å²) in [6.45, 7) is 2.59. The van der Waals surface area contributed by atoms with Crippen LogP contribution in [-0.2, 0) is 11.3 Å². The zero-order valence-corrected chi connectivity index (χ0v) is 18.0. The van der Waals surface area contributed by atoms with Gasteiger partial charge in [0.25, 0.3) is 0 Å². The van der Waals surface area contributed by atoms with Gasteiger partial charge in [-0.05, 0) is 30.0 Å². The van der Waals surface area contributed by atoms with E-state index in [1.54, 1.807) is 37.4 Å². The van der Waals surface area contributed by atoms with Crippen molar-refractivity contribution in [3.63, 3.8) is 0 Å². The first kappa shape index (κ1) is 21.0. The molecule has 1 saturated heterocycles. The molecule has 1 aromatic carbocycles. The molecule has 8 heteroatoms. The Bertz CT molecular complexity index is 822. The number of guanidine groups is 1. The normalized spacial score (nSPS) is 16.6. The highest BCUT2D eigenvalue weighted by molar-refractivity contribution is 7.09. The molecular formula is C21H29N5O2S. The molecule has 0 aliphatic carbocycles. The second kappa shape index (κ2) is 10.2. The van der Waals surface area contributed by atoms with Crippen molar-refractivity contribution < 1.29 is 9.53 Å². The summed E-state index contributed by atoms with van der Waals surface area (Å²) >= 11 is 1.70. The van der Waals surface area contributed by atoms with E-state index in [1.165, 1.54) is 4.88 Å². The number of aliphatic imine (C=N–C) groups is 1. The second-order valence-electron chi connectivity index (χ2n) is 7.13. The Morgan fingerprint density at radius 1 is 1.31 bits per heavy atom. The first-order valence-electron chi connectivity index (χ1n) is 9.72. The van der Waals surface area contributed by atoms with Crippen LogP contribution in [0, 0.1) is 0 Å².